The second-order valence-electron chi connectivity index (χ2n) is 3.68. The summed E-state index contributed by atoms with van der Waals surface area (Å²) in [6.45, 7) is 1.44. The van der Waals surface area contributed by atoms with E-state index in [4.69, 9.17) is 5.73 Å². The van der Waals surface area contributed by atoms with E-state index in [1.54, 1.807) is 13.1 Å². The third kappa shape index (κ3) is 2.70. The van der Waals surface area contributed by atoms with Crippen LogP contribution in [0.2, 0.25) is 0 Å². The molecular weight excluding hydrogens is 211 g/mol. The van der Waals surface area contributed by atoms with Crippen LogP contribution in [0, 0.1) is 5.82 Å². The molecule has 1 rings (SSSR count). The first kappa shape index (κ1) is 12.4. The molecule has 0 radical (unpaired) electrons. The Hall–Kier alpha value is -1.62. The average molecular weight is 226 g/mol. The molecule has 3 N–H and O–H groups in total. The van der Waals surface area contributed by atoms with Crippen LogP contribution < -0.4 is 10.6 Å². The van der Waals surface area contributed by atoms with Gasteiger partial charge < -0.3 is 15.7 Å². The van der Waals surface area contributed by atoms with Crippen molar-refractivity contribution in [2.24, 2.45) is 5.73 Å². The van der Waals surface area contributed by atoms with E-state index in [-0.39, 0.29) is 12.2 Å². The largest absolute Gasteiger partial charge is 0.389 e. The minimum atomic E-state index is -0.805. The Labute approximate surface area is 93.5 Å². The Morgan fingerprint density at radius 3 is 2.75 bits per heavy atom. The molecule has 0 aliphatic heterocycles. The first-order chi connectivity index (χ1) is 7.43. The maximum Gasteiger partial charge on any atom is 0.236 e. The van der Waals surface area contributed by atoms with Crippen molar-refractivity contribution < 1.29 is 14.3 Å². The number of aliphatic hydroxyl groups is 1. The van der Waals surface area contributed by atoms with Gasteiger partial charge in [0.25, 0.3) is 0 Å². The summed E-state index contributed by atoms with van der Waals surface area (Å²) in [5.74, 6) is -1.04. The topological polar surface area (TPSA) is 66.6 Å². The number of halogens is 1. The molecule has 0 saturated heterocycles. The third-order valence-electron chi connectivity index (χ3n) is 2.24. The van der Waals surface area contributed by atoms with Gasteiger partial charge in [0.2, 0.25) is 5.91 Å². The van der Waals surface area contributed by atoms with Crippen LogP contribution >= 0.6 is 0 Å². The van der Waals surface area contributed by atoms with E-state index in [1.165, 1.54) is 24.0 Å². The summed E-state index contributed by atoms with van der Waals surface area (Å²) in [5, 5.41) is 9.50. The van der Waals surface area contributed by atoms with E-state index in [0.717, 1.165) is 0 Å². The second kappa shape index (κ2) is 4.94. The highest BCUT2D eigenvalue weighted by Gasteiger charge is 2.16. The number of nitrogens with zero attached hydrogens (tertiary/aromatic N) is 1. The summed E-state index contributed by atoms with van der Waals surface area (Å²) in [7, 11) is 1.55. The van der Waals surface area contributed by atoms with Crippen molar-refractivity contribution in [3.63, 3.8) is 0 Å². The highest BCUT2D eigenvalue weighted by atomic mass is 19.1. The fraction of sp³-hybridized carbons (Fsp3) is 0.364. The molecule has 16 heavy (non-hydrogen) atoms. The quantitative estimate of drug-likeness (QED) is 0.798. The number of aliphatic hydroxyl groups excluding tert-OH is 1. The van der Waals surface area contributed by atoms with Crippen LogP contribution in [0.25, 0.3) is 0 Å². The summed E-state index contributed by atoms with van der Waals surface area (Å²) in [6.07, 6.45) is -0.805. The molecule has 0 aliphatic carbocycles. The van der Waals surface area contributed by atoms with Crippen molar-refractivity contribution in [1.29, 1.82) is 0 Å². The molecule has 5 heteroatoms. The molecule has 0 aromatic heterocycles. The van der Waals surface area contributed by atoms with Gasteiger partial charge in [0.1, 0.15) is 5.82 Å². The van der Waals surface area contributed by atoms with Gasteiger partial charge in [-0.1, -0.05) is 12.1 Å². The fourth-order valence-electron chi connectivity index (χ4n) is 1.58. The lowest BCUT2D eigenvalue weighted by atomic mass is 10.1. The smallest absolute Gasteiger partial charge is 0.236 e. The highest BCUT2D eigenvalue weighted by Crippen LogP contribution is 2.28. The molecule has 1 aromatic carbocycles. The number of amides is 1. The summed E-state index contributed by atoms with van der Waals surface area (Å²) in [4.78, 5) is 12.2. The van der Waals surface area contributed by atoms with Crippen LogP contribution in [-0.4, -0.2) is 24.6 Å². The van der Waals surface area contributed by atoms with E-state index in [9.17, 15) is 14.3 Å². The number of rotatable bonds is 4. The Morgan fingerprint density at radius 2 is 2.25 bits per heavy atom. The molecule has 0 fully saturated rings. The third-order valence-corrected chi connectivity index (χ3v) is 2.24. The zero-order chi connectivity index (χ0) is 12.3. The lowest BCUT2D eigenvalue weighted by Gasteiger charge is -2.22. The van der Waals surface area contributed by atoms with E-state index >= 15 is 0 Å². The maximum absolute atomic E-state index is 13.6. The van der Waals surface area contributed by atoms with E-state index in [1.807, 2.05) is 0 Å². The number of likely N-dealkylation sites (N-methyl/N-ethyl adjacent to an activating group) is 1. The highest BCUT2D eigenvalue weighted by molar-refractivity contribution is 5.79. The van der Waals surface area contributed by atoms with E-state index in [2.05, 4.69) is 0 Å². The number of hydrogen-bond acceptors (Lipinski definition) is 3. The van der Waals surface area contributed by atoms with Crippen LogP contribution in [0.15, 0.2) is 18.2 Å². The van der Waals surface area contributed by atoms with Gasteiger partial charge >= 0.3 is 0 Å². The molecule has 0 heterocycles. The summed E-state index contributed by atoms with van der Waals surface area (Å²) < 4.78 is 13.6. The van der Waals surface area contributed by atoms with Crippen LogP contribution in [-0.2, 0) is 4.79 Å². The van der Waals surface area contributed by atoms with Gasteiger partial charge in [-0.25, -0.2) is 4.39 Å². The molecule has 1 atom stereocenters. The number of carbonyl (C=O) groups excluding carboxylic acids is 1. The monoisotopic (exact) mass is 226 g/mol. The maximum atomic E-state index is 13.6. The number of anilines is 1. The van der Waals surface area contributed by atoms with Gasteiger partial charge in [0.05, 0.1) is 18.3 Å². The number of nitrogens with two attached hydrogens (primary N) is 1. The molecule has 0 bridgehead atoms. The Kier molecular flexibility index (Phi) is 3.84. The van der Waals surface area contributed by atoms with Crippen molar-refractivity contribution >= 4 is 11.6 Å². The fourth-order valence-corrected chi connectivity index (χ4v) is 1.58. The lowest BCUT2D eigenvalue weighted by Crippen LogP contribution is -2.31. The van der Waals surface area contributed by atoms with Crippen molar-refractivity contribution in [2.45, 2.75) is 13.0 Å². The van der Waals surface area contributed by atoms with Gasteiger partial charge in [0, 0.05) is 12.6 Å². The Bertz CT molecular complexity index is 394. The zero-order valence-corrected chi connectivity index (χ0v) is 9.27. The number of para-hydroxylation sites is 1. The summed E-state index contributed by atoms with van der Waals surface area (Å²) >= 11 is 0. The standard InChI is InChI=1S/C11H15FN2O2/c1-7(15)8-4-3-5-9(12)11(8)14(2)6-10(13)16/h3-5,7,15H,6H2,1-2H3,(H2,13,16). The average Bonchev–Trinajstić information content (AvgIpc) is 2.15. The first-order valence-corrected chi connectivity index (χ1v) is 4.89. The Morgan fingerprint density at radius 1 is 1.62 bits per heavy atom. The van der Waals surface area contributed by atoms with Crippen molar-refractivity contribution in [3.05, 3.63) is 29.6 Å². The van der Waals surface area contributed by atoms with Crippen LogP contribution in [0.1, 0.15) is 18.6 Å². The number of primary amides is 1. The lowest BCUT2D eigenvalue weighted by molar-refractivity contribution is -0.116. The molecule has 0 saturated carbocycles. The number of hydrogen-bond donors (Lipinski definition) is 2. The van der Waals surface area contributed by atoms with Gasteiger partial charge in [-0.3, -0.25) is 4.79 Å². The van der Waals surface area contributed by atoms with E-state index in [0.29, 0.717) is 5.56 Å². The second-order valence-corrected chi connectivity index (χ2v) is 3.68. The van der Waals surface area contributed by atoms with Crippen LogP contribution in [0.5, 0.6) is 0 Å². The molecule has 4 nitrogen and oxygen atoms in total. The summed E-state index contributed by atoms with van der Waals surface area (Å²) in [5.41, 5.74) is 5.68. The minimum Gasteiger partial charge on any atom is -0.389 e. The molecule has 0 aliphatic rings. The van der Waals surface area contributed by atoms with Gasteiger partial charge in [-0.15, -0.1) is 0 Å². The SMILES string of the molecule is CC(O)c1cccc(F)c1N(C)CC(N)=O. The normalized spacial score (nSPS) is 12.2. The van der Waals surface area contributed by atoms with Crippen LogP contribution in [0.3, 0.4) is 0 Å². The molecule has 1 amide bonds. The van der Waals surface area contributed by atoms with Gasteiger partial charge in [-0.05, 0) is 13.0 Å². The number of carbonyl (C=O) groups is 1. The molecule has 1 aromatic rings. The summed E-state index contributed by atoms with van der Waals surface area (Å²) in [6, 6.07) is 4.40. The van der Waals surface area contributed by atoms with Crippen molar-refractivity contribution in [2.75, 3.05) is 18.5 Å². The van der Waals surface area contributed by atoms with Crippen molar-refractivity contribution in [1.82, 2.24) is 0 Å². The van der Waals surface area contributed by atoms with Crippen molar-refractivity contribution in [3.8, 4) is 0 Å². The molecule has 88 valence electrons. The van der Waals surface area contributed by atoms with Gasteiger partial charge in [-0.2, -0.15) is 0 Å². The molecule has 1 unspecified atom stereocenters. The van der Waals surface area contributed by atoms with Crippen LogP contribution in [0.4, 0.5) is 10.1 Å². The number of benzene rings is 1. The predicted molar refractivity (Wildman–Crippen MR) is 59.5 cm³/mol. The molecular formula is C11H15FN2O2. The molecule has 0 spiro atoms. The Balaban J connectivity index is 3.14. The zero-order valence-electron chi connectivity index (χ0n) is 9.27. The first-order valence-electron chi connectivity index (χ1n) is 4.89. The minimum absolute atomic E-state index is 0.0966. The van der Waals surface area contributed by atoms with E-state index < -0.39 is 17.8 Å². The van der Waals surface area contributed by atoms with Gasteiger partial charge in [0.15, 0.2) is 0 Å². The predicted octanol–water partition coefficient (Wildman–Crippen LogP) is 0.800.